The fourth-order valence-electron chi connectivity index (χ4n) is 1.65. The van der Waals surface area contributed by atoms with Crippen molar-refractivity contribution >= 4 is 0 Å². The Morgan fingerprint density at radius 2 is 2.12 bits per heavy atom. The van der Waals surface area contributed by atoms with Crippen LogP contribution in [0.3, 0.4) is 0 Å². The second-order valence-electron chi connectivity index (χ2n) is 3.79. The van der Waals surface area contributed by atoms with Crippen LogP contribution < -0.4 is 0 Å². The molecule has 17 heavy (non-hydrogen) atoms. The van der Waals surface area contributed by atoms with E-state index in [-0.39, 0.29) is 6.61 Å². The molecule has 2 aromatic rings. The number of aromatic nitrogens is 2. The highest BCUT2D eigenvalue weighted by molar-refractivity contribution is 5.63. The first-order valence-electron chi connectivity index (χ1n) is 5.15. The summed E-state index contributed by atoms with van der Waals surface area (Å²) in [4.78, 5) is 0. The maximum absolute atomic E-state index is 12.4. The van der Waals surface area contributed by atoms with Gasteiger partial charge in [0.15, 0.2) is 0 Å². The number of hydrogen-bond acceptors (Lipinski definition) is 2. The minimum atomic E-state index is -2.62. The lowest BCUT2D eigenvalue weighted by Crippen LogP contribution is -1.96. The van der Waals surface area contributed by atoms with Gasteiger partial charge in [-0.05, 0) is 23.6 Å². The molecule has 1 N–H and O–H groups in total. The molecule has 0 atom stereocenters. The third-order valence-electron chi connectivity index (χ3n) is 2.65. The van der Waals surface area contributed by atoms with Crippen LogP contribution in [-0.2, 0) is 6.61 Å². The van der Waals surface area contributed by atoms with Crippen LogP contribution >= 0.6 is 0 Å². The van der Waals surface area contributed by atoms with Gasteiger partial charge in [0.25, 0.3) is 0 Å². The van der Waals surface area contributed by atoms with Crippen molar-refractivity contribution in [2.24, 2.45) is 0 Å². The third kappa shape index (κ3) is 2.34. The molecule has 1 aromatic carbocycles. The molecule has 1 heterocycles. The molecule has 0 amide bonds. The molecule has 0 unspecified atom stereocenters. The number of aliphatic hydroxyl groups excluding tert-OH is 1. The molecular formula is C12H12F2N2O. The maximum Gasteiger partial charge on any atom is 0.333 e. The molecule has 0 saturated carbocycles. The minimum Gasteiger partial charge on any atom is -0.392 e. The fourth-order valence-corrected chi connectivity index (χ4v) is 1.65. The predicted molar refractivity (Wildman–Crippen MR) is 59.6 cm³/mol. The van der Waals surface area contributed by atoms with Crippen LogP contribution in [0.25, 0.3) is 11.1 Å². The molecule has 0 aliphatic heterocycles. The predicted octanol–water partition coefficient (Wildman–Crippen LogP) is 2.75. The summed E-state index contributed by atoms with van der Waals surface area (Å²) >= 11 is 0. The Hall–Kier alpha value is -1.75. The summed E-state index contributed by atoms with van der Waals surface area (Å²) in [5.41, 5.74) is 3.20. The summed E-state index contributed by atoms with van der Waals surface area (Å²) in [7, 11) is 0. The van der Waals surface area contributed by atoms with E-state index in [4.69, 9.17) is 5.11 Å². The van der Waals surface area contributed by atoms with Crippen molar-refractivity contribution in [2.45, 2.75) is 20.1 Å². The molecule has 2 rings (SSSR count). The molecule has 0 radical (unpaired) electrons. The smallest absolute Gasteiger partial charge is 0.333 e. The van der Waals surface area contributed by atoms with E-state index in [0.717, 1.165) is 16.7 Å². The quantitative estimate of drug-likeness (QED) is 0.892. The second kappa shape index (κ2) is 4.63. The van der Waals surface area contributed by atoms with Crippen molar-refractivity contribution < 1.29 is 13.9 Å². The second-order valence-corrected chi connectivity index (χ2v) is 3.79. The highest BCUT2D eigenvalue weighted by Gasteiger charge is 2.09. The van der Waals surface area contributed by atoms with Gasteiger partial charge in [-0.2, -0.15) is 13.9 Å². The van der Waals surface area contributed by atoms with Gasteiger partial charge in [-0.15, -0.1) is 0 Å². The van der Waals surface area contributed by atoms with Crippen LogP contribution in [0, 0.1) is 6.92 Å². The summed E-state index contributed by atoms with van der Waals surface area (Å²) in [6.45, 7) is -0.781. The number of aryl methyl sites for hydroxylation is 1. The summed E-state index contributed by atoms with van der Waals surface area (Å²) in [5.74, 6) is 0. The molecule has 0 aliphatic carbocycles. The van der Waals surface area contributed by atoms with E-state index in [2.05, 4.69) is 5.10 Å². The number of rotatable bonds is 3. The normalized spacial score (nSPS) is 11.1. The van der Waals surface area contributed by atoms with Gasteiger partial charge in [-0.3, -0.25) is 0 Å². The van der Waals surface area contributed by atoms with E-state index in [9.17, 15) is 8.78 Å². The zero-order valence-corrected chi connectivity index (χ0v) is 9.27. The summed E-state index contributed by atoms with van der Waals surface area (Å²) in [6.07, 6.45) is 2.71. The van der Waals surface area contributed by atoms with Crippen LogP contribution in [0.5, 0.6) is 0 Å². The van der Waals surface area contributed by atoms with Gasteiger partial charge in [0, 0.05) is 11.8 Å². The van der Waals surface area contributed by atoms with Crippen molar-refractivity contribution in [1.82, 2.24) is 9.78 Å². The van der Waals surface area contributed by atoms with Crippen LogP contribution in [0.15, 0.2) is 30.6 Å². The number of alkyl halides is 2. The Kier molecular flexibility index (Phi) is 3.19. The zero-order chi connectivity index (χ0) is 12.4. The number of benzene rings is 1. The monoisotopic (exact) mass is 238 g/mol. The number of nitrogens with zero attached hydrogens (tertiary/aromatic N) is 2. The third-order valence-corrected chi connectivity index (χ3v) is 2.65. The molecule has 0 spiro atoms. The van der Waals surface area contributed by atoms with Crippen molar-refractivity contribution in [2.75, 3.05) is 0 Å². The van der Waals surface area contributed by atoms with Gasteiger partial charge in [-0.25, -0.2) is 4.68 Å². The molecule has 90 valence electrons. The highest BCUT2D eigenvalue weighted by Crippen LogP contribution is 2.23. The van der Waals surface area contributed by atoms with Gasteiger partial charge in [-0.1, -0.05) is 18.2 Å². The number of halogens is 2. The van der Waals surface area contributed by atoms with E-state index in [1.165, 1.54) is 12.4 Å². The Labute approximate surface area is 97.3 Å². The van der Waals surface area contributed by atoms with Gasteiger partial charge in [0.2, 0.25) is 0 Å². The summed E-state index contributed by atoms with van der Waals surface area (Å²) < 4.78 is 25.3. The van der Waals surface area contributed by atoms with E-state index >= 15 is 0 Å². The number of aliphatic hydroxyl groups is 1. The van der Waals surface area contributed by atoms with E-state index in [1.807, 2.05) is 13.0 Å². The van der Waals surface area contributed by atoms with Gasteiger partial charge >= 0.3 is 6.55 Å². The largest absolute Gasteiger partial charge is 0.392 e. The fraction of sp³-hybridized carbons (Fsp3) is 0.250. The first-order chi connectivity index (χ1) is 8.11. The SMILES string of the molecule is Cc1cc(-c2cnn(C(F)F)c2)ccc1CO. The van der Waals surface area contributed by atoms with Gasteiger partial charge in [0.05, 0.1) is 12.8 Å². The van der Waals surface area contributed by atoms with Crippen molar-refractivity contribution in [3.63, 3.8) is 0 Å². The molecule has 5 heteroatoms. The van der Waals surface area contributed by atoms with Gasteiger partial charge in [0.1, 0.15) is 0 Å². The molecule has 3 nitrogen and oxygen atoms in total. The van der Waals surface area contributed by atoms with Crippen LogP contribution in [-0.4, -0.2) is 14.9 Å². The van der Waals surface area contributed by atoms with Crippen LogP contribution in [0.1, 0.15) is 17.7 Å². The van der Waals surface area contributed by atoms with Crippen molar-refractivity contribution in [1.29, 1.82) is 0 Å². The van der Waals surface area contributed by atoms with Crippen LogP contribution in [0.2, 0.25) is 0 Å². The topological polar surface area (TPSA) is 38.0 Å². The molecule has 0 fully saturated rings. The van der Waals surface area contributed by atoms with E-state index < -0.39 is 6.55 Å². The first kappa shape index (κ1) is 11.7. The Morgan fingerprint density at radius 1 is 1.35 bits per heavy atom. The minimum absolute atomic E-state index is 0.0254. The lowest BCUT2D eigenvalue weighted by molar-refractivity contribution is 0.0566. The summed E-state index contributed by atoms with van der Waals surface area (Å²) in [6, 6.07) is 5.41. The standard InChI is InChI=1S/C12H12F2N2O/c1-8-4-9(2-3-10(8)7-17)11-5-15-16(6-11)12(13)14/h2-6,12,17H,7H2,1H3. The van der Waals surface area contributed by atoms with E-state index in [1.54, 1.807) is 12.1 Å². The first-order valence-corrected chi connectivity index (χ1v) is 5.15. The average molecular weight is 238 g/mol. The van der Waals surface area contributed by atoms with Gasteiger partial charge < -0.3 is 5.11 Å². The molecular weight excluding hydrogens is 226 g/mol. The Bertz CT molecular complexity index is 523. The lowest BCUT2D eigenvalue weighted by Gasteiger charge is -2.04. The average Bonchev–Trinajstić information content (AvgIpc) is 2.78. The van der Waals surface area contributed by atoms with Crippen molar-refractivity contribution in [3.05, 3.63) is 41.7 Å². The maximum atomic E-state index is 12.4. The molecule has 0 aliphatic rings. The number of hydrogen-bond donors (Lipinski definition) is 1. The Balaban J connectivity index is 2.36. The molecule has 1 aromatic heterocycles. The van der Waals surface area contributed by atoms with E-state index in [0.29, 0.717) is 10.2 Å². The lowest BCUT2D eigenvalue weighted by atomic mass is 10.0. The van der Waals surface area contributed by atoms with Crippen molar-refractivity contribution in [3.8, 4) is 11.1 Å². The summed E-state index contributed by atoms with van der Waals surface area (Å²) in [5, 5.41) is 12.6. The Morgan fingerprint density at radius 3 is 2.65 bits per heavy atom. The van der Waals surface area contributed by atoms with Crippen LogP contribution in [0.4, 0.5) is 8.78 Å². The molecule has 0 bridgehead atoms. The highest BCUT2D eigenvalue weighted by atomic mass is 19.3. The molecule has 0 saturated heterocycles. The zero-order valence-electron chi connectivity index (χ0n) is 9.27.